The molecule has 0 aliphatic carbocycles. The Bertz CT molecular complexity index is 1780. The molecule has 1 spiro atoms. The highest BCUT2D eigenvalue weighted by atomic mass is 16.5. The molecular formula is C37H50N6O8. The monoisotopic (exact) mass is 706 g/mol. The Labute approximate surface area is 297 Å². The first-order valence-electron chi connectivity index (χ1n) is 17.6. The number of hydrogen-bond donors (Lipinski definition) is 4. The summed E-state index contributed by atoms with van der Waals surface area (Å²) in [5.41, 5.74) is 1.96. The second kappa shape index (κ2) is 16.1. The van der Waals surface area contributed by atoms with Gasteiger partial charge in [0.1, 0.15) is 23.9 Å². The molecule has 14 heteroatoms. The molecule has 0 saturated carbocycles. The number of rotatable bonds is 5. The molecule has 1 aromatic heterocycles. The molecule has 2 bridgehead atoms. The number of aliphatic hydroxyl groups excluding tert-OH is 1. The smallest absolute Gasteiger partial charge is 0.419 e. The van der Waals surface area contributed by atoms with Crippen LogP contribution in [0, 0.1) is 11.3 Å². The molecule has 2 aliphatic rings. The predicted molar refractivity (Wildman–Crippen MR) is 190 cm³/mol. The van der Waals surface area contributed by atoms with Gasteiger partial charge in [-0.1, -0.05) is 38.1 Å². The number of carbonyl (C=O) groups excluding carboxylic acids is 4. The van der Waals surface area contributed by atoms with Crippen LogP contribution in [0.5, 0.6) is 5.75 Å². The molecule has 3 heterocycles. The number of amides is 4. The number of aromatic nitrogens is 1. The summed E-state index contributed by atoms with van der Waals surface area (Å²) in [6.07, 6.45) is 0.882. The molecule has 0 unspecified atom stereocenters. The molecule has 276 valence electrons. The lowest BCUT2D eigenvalue weighted by molar-refractivity contribution is -0.144. The minimum absolute atomic E-state index is 0.255. The Kier molecular flexibility index (Phi) is 11.9. The molecule has 0 radical (unpaired) electrons. The van der Waals surface area contributed by atoms with Crippen LogP contribution >= 0.6 is 0 Å². The van der Waals surface area contributed by atoms with Gasteiger partial charge in [0.05, 0.1) is 11.6 Å². The quantitative estimate of drug-likeness (QED) is 0.305. The summed E-state index contributed by atoms with van der Waals surface area (Å²) in [7, 11) is 1.41. The molecule has 1 fully saturated rings. The first-order valence-corrected chi connectivity index (χ1v) is 17.6. The minimum atomic E-state index is -1.32. The maximum Gasteiger partial charge on any atom is 0.419 e. The molecule has 51 heavy (non-hydrogen) atoms. The third-order valence-corrected chi connectivity index (χ3v) is 10.2. The zero-order valence-electron chi connectivity index (χ0n) is 30.0. The number of hydrogen-bond acceptors (Lipinski definition) is 9. The fourth-order valence-electron chi connectivity index (χ4n) is 6.84. The lowest BCUT2D eigenvalue weighted by Crippen LogP contribution is -2.59. The zero-order valence-corrected chi connectivity index (χ0v) is 30.0. The fraction of sp³-hybridized carbons (Fsp3) is 0.541. The van der Waals surface area contributed by atoms with Gasteiger partial charge < -0.3 is 40.0 Å². The van der Waals surface area contributed by atoms with E-state index >= 15 is 0 Å². The standard InChI is InChI=1S/C37H50N6O8/c1-23(2)31-34(47)38-22-37(13-15-42(16-14-37)17-18-43-28-11-6-7-12-29(28)51-36(43)49)20-26-9-8-10-27(19-26)50-21-30(45)39-32(25(4)44)35(48)41(5)24(3)33(46)40-31/h6-12,19,23-25,31-32,44H,13-18,20-22H2,1-5H3,(H,38,47)(H,39,45)(H,40,46)/t24-,25+,31+,32-/m0/s1. The Hall–Kier alpha value is -4.69. The van der Waals surface area contributed by atoms with E-state index in [-0.39, 0.29) is 29.6 Å². The van der Waals surface area contributed by atoms with Crippen LogP contribution < -0.4 is 26.4 Å². The van der Waals surface area contributed by atoms with Gasteiger partial charge in [0, 0.05) is 26.7 Å². The van der Waals surface area contributed by atoms with Crippen molar-refractivity contribution in [3.8, 4) is 5.75 Å². The van der Waals surface area contributed by atoms with Crippen LogP contribution in [0.15, 0.2) is 57.7 Å². The average Bonchev–Trinajstić information content (AvgIpc) is 3.43. The zero-order chi connectivity index (χ0) is 36.9. The lowest BCUT2D eigenvalue weighted by Gasteiger charge is -2.42. The number of likely N-dealkylation sites (N-methyl/N-ethyl adjacent to an activating group) is 1. The molecule has 3 aromatic rings. The van der Waals surface area contributed by atoms with E-state index in [0.29, 0.717) is 37.4 Å². The predicted octanol–water partition coefficient (Wildman–Crippen LogP) is 1.28. The summed E-state index contributed by atoms with van der Waals surface area (Å²) in [5, 5.41) is 18.9. The molecule has 4 atom stereocenters. The van der Waals surface area contributed by atoms with Crippen molar-refractivity contribution in [3.05, 3.63) is 64.6 Å². The first-order chi connectivity index (χ1) is 24.3. The summed E-state index contributed by atoms with van der Waals surface area (Å²) >= 11 is 0. The first kappa shape index (κ1) is 37.6. The molecular weight excluding hydrogens is 656 g/mol. The topological polar surface area (TPSA) is 175 Å². The summed E-state index contributed by atoms with van der Waals surface area (Å²) in [6.45, 7) is 9.18. The fourth-order valence-corrected chi connectivity index (χ4v) is 6.84. The van der Waals surface area contributed by atoms with Crippen molar-refractivity contribution >= 4 is 34.7 Å². The van der Waals surface area contributed by atoms with Gasteiger partial charge in [-0.15, -0.1) is 0 Å². The highest BCUT2D eigenvalue weighted by Crippen LogP contribution is 2.36. The van der Waals surface area contributed by atoms with E-state index in [1.807, 2.05) is 50.2 Å². The van der Waals surface area contributed by atoms with Crippen LogP contribution in [0.2, 0.25) is 0 Å². The number of nitrogens with zero attached hydrogens (tertiary/aromatic N) is 3. The van der Waals surface area contributed by atoms with E-state index < -0.39 is 42.0 Å². The number of piperidine rings is 1. The second-order valence-electron chi connectivity index (χ2n) is 14.3. The van der Waals surface area contributed by atoms with Gasteiger partial charge in [0.15, 0.2) is 12.2 Å². The Morgan fingerprint density at radius 2 is 1.65 bits per heavy atom. The van der Waals surface area contributed by atoms with E-state index in [1.165, 1.54) is 20.9 Å². The van der Waals surface area contributed by atoms with Crippen LogP contribution in [0.1, 0.15) is 46.1 Å². The number of benzene rings is 2. The minimum Gasteiger partial charge on any atom is -0.484 e. The Balaban J connectivity index is 1.37. The van der Waals surface area contributed by atoms with Gasteiger partial charge in [-0.25, -0.2) is 4.79 Å². The van der Waals surface area contributed by atoms with Crippen molar-refractivity contribution < 1.29 is 33.4 Å². The van der Waals surface area contributed by atoms with Crippen molar-refractivity contribution in [1.29, 1.82) is 0 Å². The number of ether oxygens (including phenoxy) is 1. The molecule has 14 nitrogen and oxygen atoms in total. The van der Waals surface area contributed by atoms with Crippen LogP contribution in [-0.2, 0) is 32.1 Å². The highest BCUT2D eigenvalue weighted by Gasteiger charge is 2.38. The van der Waals surface area contributed by atoms with E-state index in [0.717, 1.165) is 41.9 Å². The summed E-state index contributed by atoms with van der Waals surface area (Å²) in [4.78, 5) is 69.4. The molecule has 4 N–H and O–H groups in total. The SMILES string of the molecule is CC(C)[C@H]1NC(=O)[C@H](C)N(C)C(=O)[C@H]([C@@H](C)O)NC(=O)COc2cccc(c2)CC2(CCN(CCn3c(=O)oc4ccccc43)CC2)CNC1=O. The van der Waals surface area contributed by atoms with Crippen molar-refractivity contribution in [2.75, 3.05) is 39.8 Å². The number of nitrogens with one attached hydrogen (secondary N) is 3. The normalized spacial score (nSPS) is 23.5. The van der Waals surface area contributed by atoms with Crippen LogP contribution in [-0.4, -0.2) is 107 Å². The van der Waals surface area contributed by atoms with Gasteiger partial charge >= 0.3 is 5.76 Å². The molecule has 1 saturated heterocycles. The largest absolute Gasteiger partial charge is 0.484 e. The van der Waals surface area contributed by atoms with Crippen LogP contribution in [0.25, 0.3) is 11.1 Å². The molecule has 2 aliphatic heterocycles. The lowest BCUT2D eigenvalue weighted by atomic mass is 9.73. The Morgan fingerprint density at radius 3 is 2.35 bits per heavy atom. The Morgan fingerprint density at radius 1 is 0.922 bits per heavy atom. The van der Waals surface area contributed by atoms with Gasteiger partial charge in [-0.2, -0.15) is 0 Å². The molecule has 4 amide bonds. The van der Waals surface area contributed by atoms with Gasteiger partial charge in [0.25, 0.3) is 5.91 Å². The number of likely N-dealkylation sites (tertiary alicyclic amines) is 1. The molecule has 2 aromatic carbocycles. The number of carbonyl (C=O) groups is 4. The van der Waals surface area contributed by atoms with Crippen molar-refractivity contribution in [2.45, 2.75) is 77.7 Å². The van der Waals surface area contributed by atoms with E-state index in [1.54, 1.807) is 16.7 Å². The number of aliphatic hydroxyl groups is 1. The number of fused-ring (bicyclic) bond motifs is 3. The third-order valence-electron chi connectivity index (χ3n) is 10.2. The average molecular weight is 707 g/mol. The van der Waals surface area contributed by atoms with Gasteiger partial charge in [0.2, 0.25) is 17.7 Å². The van der Waals surface area contributed by atoms with Gasteiger partial charge in [-0.3, -0.25) is 23.7 Å². The van der Waals surface area contributed by atoms with Crippen molar-refractivity contribution in [1.82, 2.24) is 30.3 Å². The highest BCUT2D eigenvalue weighted by molar-refractivity contribution is 5.94. The van der Waals surface area contributed by atoms with E-state index in [4.69, 9.17) is 9.15 Å². The van der Waals surface area contributed by atoms with Gasteiger partial charge in [-0.05, 0) is 87.4 Å². The van der Waals surface area contributed by atoms with Crippen molar-refractivity contribution in [3.63, 3.8) is 0 Å². The summed E-state index contributed by atoms with van der Waals surface area (Å²) < 4.78 is 12.9. The molecule has 5 rings (SSSR count). The second-order valence-corrected chi connectivity index (χ2v) is 14.3. The van der Waals surface area contributed by atoms with Crippen LogP contribution in [0.4, 0.5) is 0 Å². The van der Waals surface area contributed by atoms with E-state index in [9.17, 15) is 29.1 Å². The number of oxazole rings is 1. The summed E-state index contributed by atoms with van der Waals surface area (Å²) in [5.74, 6) is -2.30. The van der Waals surface area contributed by atoms with Crippen molar-refractivity contribution in [2.24, 2.45) is 11.3 Å². The van der Waals surface area contributed by atoms with Crippen LogP contribution in [0.3, 0.4) is 0 Å². The third kappa shape index (κ3) is 8.98. The maximum absolute atomic E-state index is 13.8. The van der Waals surface area contributed by atoms with E-state index in [2.05, 4.69) is 20.9 Å². The summed E-state index contributed by atoms with van der Waals surface area (Å²) in [6, 6.07) is 11.6. The maximum atomic E-state index is 13.8. The number of para-hydroxylation sites is 2.